The van der Waals surface area contributed by atoms with Gasteiger partial charge in [0.1, 0.15) is 0 Å². The van der Waals surface area contributed by atoms with Gasteiger partial charge in [0.2, 0.25) is 0 Å². The summed E-state index contributed by atoms with van der Waals surface area (Å²) in [5.74, 6) is 0. The molecular weight excluding hydrogens is 613 g/mol. The Morgan fingerprint density at radius 1 is 0.294 bits per heavy atom. The molecule has 10 rings (SSSR count). The van der Waals surface area contributed by atoms with Crippen molar-refractivity contribution in [2.24, 2.45) is 0 Å². The summed E-state index contributed by atoms with van der Waals surface area (Å²) in [5, 5.41) is 7.61. The molecule has 0 spiro atoms. The van der Waals surface area contributed by atoms with Crippen molar-refractivity contribution in [3.05, 3.63) is 193 Å². The van der Waals surface area contributed by atoms with Crippen LogP contribution < -0.4 is 0 Å². The van der Waals surface area contributed by atoms with Crippen LogP contribution in [-0.4, -0.2) is 0 Å². The molecule has 9 aromatic carbocycles. The van der Waals surface area contributed by atoms with Crippen LogP contribution in [0.3, 0.4) is 0 Å². The second-order valence-electron chi connectivity index (χ2n) is 14.5. The zero-order valence-corrected chi connectivity index (χ0v) is 28.8. The van der Waals surface area contributed by atoms with Gasteiger partial charge in [-0.25, -0.2) is 0 Å². The zero-order chi connectivity index (χ0) is 34.1. The third kappa shape index (κ3) is 4.60. The summed E-state index contributed by atoms with van der Waals surface area (Å²) in [6.07, 6.45) is 0. The molecule has 0 aromatic heterocycles. The Labute approximate surface area is 299 Å². The normalized spacial score (nSPS) is 13.1. The smallest absolute Gasteiger partial charge is 0.0159 e. The van der Waals surface area contributed by atoms with E-state index in [9.17, 15) is 0 Å². The average Bonchev–Trinajstić information content (AvgIpc) is 3.42. The molecule has 0 heterocycles. The summed E-state index contributed by atoms with van der Waals surface area (Å²) in [6.45, 7) is 4.75. The van der Waals surface area contributed by atoms with Crippen molar-refractivity contribution < 1.29 is 0 Å². The lowest BCUT2D eigenvalue weighted by atomic mass is 9.80. The Morgan fingerprint density at radius 3 is 1.69 bits per heavy atom. The van der Waals surface area contributed by atoms with E-state index >= 15 is 0 Å². The van der Waals surface area contributed by atoms with Gasteiger partial charge in [-0.3, -0.25) is 0 Å². The summed E-state index contributed by atoms with van der Waals surface area (Å²) < 4.78 is 0. The zero-order valence-electron chi connectivity index (χ0n) is 28.8. The Bertz CT molecular complexity index is 2810. The van der Waals surface area contributed by atoms with Crippen LogP contribution in [0.25, 0.3) is 88.0 Å². The van der Waals surface area contributed by atoms with Gasteiger partial charge in [0.15, 0.2) is 0 Å². The Balaban J connectivity index is 1.29. The molecule has 240 valence electrons. The van der Waals surface area contributed by atoms with Crippen LogP contribution in [0.4, 0.5) is 0 Å². The molecule has 9 aromatic rings. The van der Waals surface area contributed by atoms with Gasteiger partial charge in [-0.2, -0.15) is 0 Å². The summed E-state index contributed by atoms with van der Waals surface area (Å²) in [6, 6.07) is 67.5. The van der Waals surface area contributed by atoms with Crippen LogP contribution in [0, 0.1) is 0 Å². The number of benzene rings is 9. The summed E-state index contributed by atoms with van der Waals surface area (Å²) in [7, 11) is 0. The van der Waals surface area contributed by atoms with Crippen molar-refractivity contribution in [2.45, 2.75) is 19.3 Å². The molecule has 0 fully saturated rings. The molecule has 0 nitrogen and oxygen atoms in total. The fraction of sp³-hybridized carbons (Fsp3) is 0.0588. The fourth-order valence-electron chi connectivity index (χ4n) is 8.79. The van der Waals surface area contributed by atoms with Crippen LogP contribution >= 0.6 is 0 Å². The highest BCUT2D eigenvalue weighted by Crippen LogP contribution is 2.51. The summed E-state index contributed by atoms with van der Waals surface area (Å²) in [5.41, 5.74) is 15.4. The molecule has 1 aliphatic carbocycles. The van der Waals surface area contributed by atoms with Gasteiger partial charge in [0.25, 0.3) is 0 Å². The molecule has 0 aliphatic heterocycles. The number of hydrogen-bond acceptors (Lipinski definition) is 0. The first kappa shape index (κ1) is 29.7. The minimum absolute atomic E-state index is 0.0839. The maximum Gasteiger partial charge on any atom is 0.0159 e. The molecule has 0 saturated heterocycles. The highest BCUT2D eigenvalue weighted by atomic mass is 14.4. The number of fused-ring (bicyclic) bond motifs is 6. The van der Waals surface area contributed by atoms with Gasteiger partial charge >= 0.3 is 0 Å². The van der Waals surface area contributed by atoms with E-state index in [2.05, 4.69) is 196 Å². The van der Waals surface area contributed by atoms with Crippen molar-refractivity contribution in [2.75, 3.05) is 0 Å². The third-order valence-electron chi connectivity index (χ3n) is 11.3. The van der Waals surface area contributed by atoms with Gasteiger partial charge in [-0.1, -0.05) is 178 Å². The topological polar surface area (TPSA) is 0 Å². The van der Waals surface area contributed by atoms with Crippen LogP contribution in [-0.2, 0) is 5.41 Å². The second kappa shape index (κ2) is 11.4. The van der Waals surface area contributed by atoms with Crippen molar-refractivity contribution in [3.63, 3.8) is 0 Å². The molecule has 0 radical (unpaired) electrons. The second-order valence-corrected chi connectivity index (χ2v) is 14.5. The van der Waals surface area contributed by atoms with E-state index < -0.39 is 0 Å². The molecule has 0 bridgehead atoms. The highest BCUT2D eigenvalue weighted by molar-refractivity contribution is 6.22. The van der Waals surface area contributed by atoms with Crippen LogP contribution in [0.1, 0.15) is 25.0 Å². The SMILES string of the molecule is CC1(C)c2ccccc2-c2ccc(-c3c4ccccc4c(-c4cccc(-c5ccccc5)c4)c4ccc(-c5cccc6ccccc56)cc34)cc21. The van der Waals surface area contributed by atoms with E-state index in [0.29, 0.717) is 0 Å². The lowest BCUT2D eigenvalue weighted by molar-refractivity contribution is 0.660. The van der Waals surface area contributed by atoms with E-state index in [0.717, 1.165) is 0 Å². The molecule has 0 amide bonds. The first-order valence-electron chi connectivity index (χ1n) is 17.9. The molecule has 0 saturated carbocycles. The van der Waals surface area contributed by atoms with E-state index in [1.807, 2.05) is 0 Å². The monoisotopic (exact) mass is 648 g/mol. The van der Waals surface area contributed by atoms with Gasteiger partial charge in [0, 0.05) is 5.41 Å². The molecular formula is C51H36. The van der Waals surface area contributed by atoms with Crippen molar-refractivity contribution >= 4 is 32.3 Å². The minimum Gasteiger partial charge on any atom is -0.0622 e. The molecule has 0 N–H and O–H groups in total. The van der Waals surface area contributed by atoms with Crippen molar-refractivity contribution in [1.29, 1.82) is 0 Å². The Kier molecular flexibility index (Phi) is 6.63. The van der Waals surface area contributed by atoms with Crippen LogP contribution in [0.2, 0.25) is 0 Å². The minimum atomic E-state index is -0.0839. The first-order valence-corrected chi connectivity index (χ1v) is 17.9. The standard InChI is InChI=1S/C51H36/c1-51(2)47-25-11-10-21-41(47)42-28-27-38(32-48(42)51)50-44-23-9-8-22-43(44)49(37-19-12-18-35(30-37)33-14-4-3-5-15-33)45-29-26-36(31-46(45)50)40-24-13-17-34-16-6-7-20-39(34)40/h3-32H,1-2H3. The van der Waals surface area contributed by atoms with Crippen LogP contribution in [0.15, 0.2) is 182 Å². The van der Waals surface area contributed by atoms with Crippen molar-refractivity contribution in [3.8, 4) is 55.6 Å². The maximum atomic E-state index is 2.48. The van der Waals surface area contributed by atoms with E-state index in [4.69, 9.17) is 0 Å². The molecule has 1 aliphatic rings. The van der Waals surface area contributed by atoms with Gasteiger partial charge in [0.05, 0.1) is 0 Å². The maximum absolute atomic E-state index is 2.48. The first-order chi connectivity index (χ1) is 25.1. The number of rotatable bonds is 4. The van der Waals surface area contributed by atoms with Crippen LogP contribution in [0.5, 0.6) is 0 Å². The number of hydrogen-bond donors (Lipinski definition) is 0. The largest absolute Gasteiger partial charge is 0.0622 e. The lowest BCUT2D eigenvalue weighted by Crippen LogP contribution is -2.14. The van der Waals surface area contributed by atoms with E-state index in [-0.39, 0.29) is 5.41 Å². The molecule has 0 heteroatoms. The highest BCUT2D eigenvalue weighted by Gasteiger charge is 2.35. The fourth-order valence-corrected chi connectivity index (χ4v) is 8.79. The van der Waals surface area contributed by atoms with Crippen molar-refractivity contribution in [1.82, 2.24) is 0 Å². The van der Waals surface area contributed by atoms with E-state index in [1.54, 1.807) is 0 Å². The van der Waals surface area contributed by atoms with E-state index in [1.165, 1.54) is 99.1 Å². The van der Waals surface area contributed by atoms with Gasteiger partial charge in [-0.05, 0) is 117 Å². The summed E-state index contributed by atoms with van der Waals surface area (Å²) in [4.78, 5) is 0. The van der Waals surface area contributed by atoms with Gasteiger partial charge < -0.3 is 0 Å². The molecule has 0 unspecified atom stereocenters. The lowest BCUT2D eigenvalue weighted by Gasteiger charge is -2.23. The molecule has 0 atom stereocenters. The average molecular weight is 649 g/mol. The predicted molar refractivity (Wildman–Crippen MR) is 218 cm³/mol. The van der Waals surface area contributed by atoms with Gasteiger partial charge in [-0.15, -0.1) is 0 Å². The predicted octanol–water partition coefficient (Wildman–Crippen LogP) is 14.1. The molecule has 51 heavy (non-hydrogen) atoms. The summed E-state index contributed by atoms with van der Waals surface area (Å²) >= 11 is 0. The Morgan fingerprint density at radius 2 is 0.843 bits per heavy atom. The third-order valence-corrected chi connectivity index (χ3v) is 11.3. The quantitative estimate of drug-likeness (QED) is 0.167. The Hall–Kier alpha value is -6.24.